The van der Waals surface area contributed by atoms with Gasteiger partial charge in [0.1, 0.15) is 0 Å². The molecule has 14 aromatic heterocycles. The summed E-state index contributed by atoms with van der Waals surface area (Å²) in [5, 5.41) is 16.1. The van der Waals surface area contributed by atoms with Crippen LogP contribution in [-0.2, 0) is 64.3 Å². The van der Waals surface area contributed by atoms with Gasteiger partial charge in [-0.05, 0) is 182 Å². The Morgan fingerprint density at radius 1 is 0.171 bits per heavy atom. The van der Waals surface area contributed by atoms with Crippen LogP contribution in [0.4, 0.5) is 4.11 Å². The molecule has 0 bridgehead atoms. The van der Waals surface area contributed by atoms with Crippen molar-refractivity contribution in [1.29, 1.82) is 0 Å². The average molecular weight is 1880 g/mol. The van der Waals surface area contributed by atoms with Crippen LogP contribution in [0.1, 0.15) is 96.0 Å². The standard InChI is InChI=1S/7C14H12N2.2CH4.2ClH.4Cu.FH3Si.Li.H/c7*1-9-3-5-11-7-8-12-6-4-10(2)16-14(12)13(11)15-9;;;;;;;;;1-2;;/h7*3-8H,1-2H3;2*1H4;2*1H;;;;;2H3;;/q;;;;;;;;;;;;;;+2;;+1;-1/p-2/i;;;;;;;;;;;;;;;;;1+2. The molecule has 0 amide bonds. The number of hydrogen-bond donors (Lipinski definition) is 0. The fraction of sp³-hybridized carbons (Fsp3) is 0.160. The van der Waals surface area contributed by atoms with E-state index in [1.165, 1.54) is 0 Å². The Labute approximate surface area is 781 Å². The second-order valence-electron chi connectivity index (χ2n) is 28.8. The summed E-state index contributed by atoms with van der Waals surface area (Å²) < 4.78 is 9.64. The maximum atomic E-state index is 9.64. The van der Waals surface area contributed by atoms with Gasteiger partial charge in [-0.25, -0.2) is 0 Å². The van der Waals surface area contributed by atoms with E-state index in [-0.39, 0.29) is 96.9 Å². The summed E-state index contributed by atoms with van der Waals surface area (Å²) in [6.45, 7) is 28.1. The maximum Gasteiger partial charge on any atom is 1.00 e. The zero-order chi connectivity index (χ0) is 82.6. The SMILES string of the molecule is C.C.Cc1ccc2ccc3ccc(C)nc3c2n1.Cc1ccc2ccc3ccc(C)nc3c2n1.Cc1ccc2ccc3ccc(C)nc3c2n1.Cc1ccc2ccc3ccc(C)nc3c2n1.Cc1ccc2ccc3ccc(C)nc3c2n1.Cc1ccc2ccc3ccc(C)nc3c2n1.Cc1ccc2ccc3ccc(C)nc3c2n1.F[SiH3].[3H-].[Cl][Cu][Cl].[Cu].[Cu].[Cu].[Li+]. The van der Waals surface area contributed by atoms with Crippen LogP contribution >= 0.6 is 20.2 Å². The van der Waals surface area contributed by atoms with E-state index in [1.807, 2.05) is 182 Å². The Morgan fingerprint density at radius 2 is 0.220 bits per heavy atom. The van der Waals surface area contributed by atoms with Gasteiger partial charge in [0.2, 0.25) is 10.6 Å². The molecule has 0 aliphatic heterocycles. The van der Waals surface area contributed by atoms with Gasteiger partial charge in [-0.1, -0.05) is 185 Å². The quantitative estimate of drug-likeness (QED) is 0.0794. The molecule has 0 unspecified atom stereocenters. The van der Waals surface area contributed by atoms with Gasteiger partial charge in [-0.2, -0.15) is 0 Å². The molecule has 0 aliphatic carbocycles. The number of aromatic nitrogens is 14. The fourth-order valence-corrected chi connectivity index (χ4v) is 13.7. The van der Waals surface area contributed by atoms with E-state index in [4.69, 9.17) is 0 Å². The van der Waals surface area contributed by atoms with E-state index >= 15 is 0 Å². The van der Waals surface area contributed by atoms with Gasteiger partial charge in [0.25, 0.3) is 0 Å². The molecule has 636 valence electrons. The van der Waals surface area contributed by atoms with Gasteiger partial charge in [-0.15, -0.1) is 0 Å². The Hall–Kier alpha value is -10.3. The zero-order valence-electron chi connectivity index (χ0n) is 70.8. The number of halogens is 3. The minimum atomic E-state index is -0.194. The normalized spacial score (nSPS) is 10.4. The molecular formula is C100H96Cl2Cu4FLiN14Si. The van der Waals surface area contributed by atoms with Crippen LogP contribution in [-0.4, -0.2) is 80.4 Å². The summed E-state index contributed by atoms with van der Waals surface area (Å²) in [7, 11) is 9.15. The summed E-state index contributed by atoms with van der Waals surface area (Å²) in [6.07, 6.45) is 0. The predicted octanol–water partition coefficient (Wildman–Crippen LogP) is 22.8. The number of benzene rings is 7. The topological polar surface area (TPSA) is 180 Å². The van der Waals surface area contributed by atoms with Gasteiger partial charge < -0.3 is 5.53 Å². The molecule has 0 N–H and O–H groups in total. The average Bonchev–Trinajstić information content (AvgIpc) is 0.827. The van der Waals surface area contributed by atoms with Crippen molar-refractivity contribution in [3.63, 3.8) is 0 Å². The van der Waals surface area contributed by atoms with Crippen LogP contribution in [0.2, 0.25) is 0 Å². The third-order valence-corrected chi connectivity index (χ3v) is 19.6. The molecule has 3 radical (unpaired) electrons. The third-order valence-electron chi connectivity index (χ3n) is 19.6. The second-order valence-corrected chi connectivity index (χ2v) is 30.4. The van der Waals surface area contributed by atoms with Crippen molar-refractivity contribution < 1.29 is 88.7 Å². The Kier molecular flexibility index (Phi) is 37.2. The summed E-state index contributed by atoms with van der Waals surface area (Å²) in [6, 6.07) is 87.2. The van der Waals surface area contributed by atoms with Crippen molar-refractivity contribution in [3.05, 3.63) is 335 Å². The fourth-order valence-electron chi connectivity index (χ4n) is 13.7. The van der Waals surface area contributed by atoms with Crippen LogP contribution < -0.4 is 18.9 Å². The Bertz CT molecular complexity index is 5680. The number of rotatable bonds is 0. The predicted molar refractivity (Wildman–Crippen MR) is 503 cm³/mol. The van der Waals surface area contributed by atoms with E-state index in [0.717, 1.165) is 245 Å². The van der Waals surface area contributed by atoms with E-state index < -0.39 is 0 Å². The van der Waals surface area contributed by atoms with Crippen LogP contribution in [0.3, 0.4) is 0 Å². The molecule has 0 saturated heterocycles. The molecule has 14 heterocycles. The molecule has 0 saturated carbocycles. The van der Waals surface area contributed by atoms with Crippen molar-refractivity contribution in [2.24, 2.45) is 0 Å². The van der Waals surface area contributed by atoms with Crippen LogP contribution in [0.5, 0.6) is 0 Å². The Morgan fingerprint density at radius 3 is 0.276 bits per heavy atom. The minimum absolute atomic E-state index is 0. The van der Waals surface area contributed by atoms with Crippen molar-refractivity contribution in [1.82, 2.24) is 69.8 Å². The molecule has 0 fully saturated rings. The molecule has 21 rings (SSSR count). The zero-order valence-corrected chi connectivity index (χ0v) is 77.1. The van der Waals surface area contributed by atoms with Crippen LogP contribution in [0, 0.1) is 96.9 Å². The maximum absolute atomic E-state index is 9.64. The molecule has 21 aromatic rings. The first kappa shape index (κ1) is 99.8. The van der Waals surface area contributed by atoms with E-state index in [2.05, 4.69) is 260 Å². The first-order valence-corrected chi connectivity index (χ1v) is 41.6. The molecular weight excluding hydrogens is 1780 g/mol. The molecule has 123 heavy (non-hydrogen) atoms. The smallest absolute Gasteiger partial charge is 0 e. The second kappa shape index (κ2) is 45.9. The Balaban J connectivity index is 0.000000220. The number of aryl methyl sites for hydroxylation is 14. The van der Waals surface area contributed by atoms with Crippen molar-refractivity contribution >= 4 is 183 Å². The summed E-state index contributed by atoms with van der Waals surface area (Å²) in [5.74, 6) is 0. The molecule has 0 atom stereocenters. The monoisotopic (exact) mass is 1870 g/mol. The minimum Gasteiger partial charge on any atom is 0 e. The third kappa shape index (κ3) is 24.4. The summed E-state index contributed by atoms with van der Waals surface area (Å²) in [5.41, 5.74) is 28.4. The van der Waals surface area contributed by atoms with Crippen LogP contribution in [0.15, 0.2) is 255 Å². The summed E-state index contributed by atoms with van der Waals surface area (Å²) in [4.78, 5) is 64.2. The van der Waals surface area contributed by atoms with E-state index in [1.54, 1.807) is 0 Å². The van der Waals surface area contributed by atoms with Gasteiger partial charge in [-0.3, -0.25) is 69.8 Å². The summed E-state index contributed by atoms with van der Waals surface area (Å²) >= 11 is 0.757. The van der Waals surface area contributed by atoms with Gasteiger partial charge in [0, 0.05) is 206 Å². The van der Waals surface area contributed by atoms with E-state index in [9.17, 15) is 4.11 Å². The molecule has 0 aliphatic rings. The molecule has 23 heteroatoms. The van der Waals surface area contributed by atoms with Gasteiger partial charge in [0.05, 0.1) is 77.2 Å². The number of nitrogens with zero attached hydrogens (tertiary/aromatic N) is 14. The number of hydrogen-bond acceptors (Lipinski definition) is 14. The largest absolute Gasteiger partial charge is 1.00 e. The first-order chi connectivity index (χ1) is 56.6. The van der Waals surface area contributed by atoms with E-state index in [0.29, 0.717) is 0 Å². The van der Waals surface area contributed by atoms with Gasteiger partial charge >= 0.3 is 52.2 Å². The van der Waals surface area contributed by atoms with Crippen molar-refractivity contribution in [3.8, 4) is 0 Å². The first-order valence-electron chi connectivity index (χ1n) is 38.2. The van der Waals surface area contributed by atoms with Crippen molar-refractivity contribution in [2.45, 2.75) is 112 Å². The number of fused-ring (bicyclic) bond motifs is 21. The van der Waals surface area contributed by atoms with Crippen molar-refractivity contribution in [2.75, 3.05) is 0 Å². The van der Waals surface area contributed by atoms with Gasteiger partial charge in [0.15, 0.2) is 0 Å². The number of pyridine rings is 14. The van der Waals surface area contributed by atoms with Crippen LogP contribution in [0.25, 0.3) is 153 Å². The molecule has 7 aromatic carbocycles. The molecule has 0 spiro atoms. The molecule has 14 nitrogen and oxygen atoms in total.